The Morgan fingerprint density at radius 1 is 1.30 bits per heavy atom. The Morgan fingerprint density at radius 3 is 2.97 bits per heavy atom. The lowest BCUT2D eigenvalue weighted by Crippen LogP contribution is -2.35. The Morgan fingerprint density at radius 2 is 2.17 bits per heavy atom. The highest BCUT2D eigenvalue weighted by Crippen LogP contribution is 2.32. The van der Waals surface area contributed by atoms with Gasteiger partial charge in [-0.15, -0.1) is 0 Å². The number of amides is 1. The van der Waals surface area contributed by atoms with Gasteiger partial charge in [0.1, 0.15) is 0 Å². The molecule has 154 valence electrons. The number of hydrogen-bond acceptors (Lipinski definition) is 4. The van der Waals surface area contributed by atoms with E-state index in [-0.39, 0.29) is 5.91 Å². The maximum Gasteiger partial charge on any atom is 0.223 e. The second-order valence-corrected chi connectivity index (χ2v) is 8.09. The molecule has 1 aliphatic rings. The molecule has 0 unspecified atom stereocenters. The maximum absolute atomic E-state index is 12.7. The predicted molar refractivity (Wildman–Crippen MR) is 118 cm³/mol. The third-order valence-electron chi connectivity index (χ3n) is 5.40. The van der Waals surface area contributed by atoms with E-state index in [1.54, 1.807) is 25.3 Å². The van der Waals surface area contributed by atoms with Crippen LogP contribution in [-0.4, -0.2) is 36.1 Å². The zero-order valence-electron chi connectivity index (χ0n) is 16.7. The molecule has 0 saturated heterocycles. The summed E-state index contributed by atoms with van der Waals surface area (Å²) in [5.41, 5.74) is 4.05. The summed E-state index contributed by atoms with van der Waals surface area (Å²) in [6, 6.07) is 13.3. The van der Waals surface area contributed by atoms with Crippen molar-refractivity contribution in [3.05, 3.63) is 57.7 Å². The molecule has 6 nitrogen and oxygen atoms in total. The van der Waals surface area contributed by atoms with Crippen molar-refractivity contribution in [1.29, 1.82) is 5.26 Å². The van der Waals surface area contributed by atoms with Crippen molar-refractivity contribution < 1.29 is 14.3 Å². The Kier molecular flexibility index (Phi) is 5.96. The summed E-state index contributed by atoms with van der Waals surface area (Å²) in [5.74, 6) is 1.24. The summed E-state index contributed by atoms with van der Waals surface area (Å²) in [5, 5.41) is 10.1. The lowest BCUT2D eigenvalue weighted by Gasteiger charge is -2.27. The standard InChI is InChI=1S/C23H22BrN3O3/c1-29-21-12-15(13-25)7-8-20(21)30-11-3-6-22(28)27-10-9-19-17(14-27)16-4-2-5-18(24)23(16)26-19/h2,4-5,7-8,12,26H,3,6,9-11,14H2,1H3. The lowest BCUT2D eigenvalue weighted by molar-refractivity contribution is -0.132. The molecule has 0 radical (unpaired) electrons. The topological polar surface area (TPSA) is 78.3 Å². The van der Waals surface area contributed by atoms with Gasteiger partial charge in [-0.2, -0.15) is 5.26 Å². The SMILES string of the molecule is COc1cc(C#N)ccc1OCCCC(=O)N1CCc2[nH]c3c(Br)cccc3c2C1. The molecule has 0 aliphatic carbocycles. The van der Waals surface area contributed by atoms with Crippen molar-refractivity contribution in [2.45, 2.75) is 25.8 Å². The first-order valence-electron chi connectivity index (χ1n) is 9.87. The molecule has 7 heteroatoms. The summed E-state index contributed by atoms with van der Waals surface area (Å²) in [6.45, 7) is 1.77. The lowest BCUT2D eigenvalue weighted by atomic mass is 10.0. The molecule has 3 aromatic rings. The summed E-state index contributed by atoms with van der Waals surface area (Å²) >= 11 is 3.60. The highest BCUT2D eigenvalue weighted by atomic mass is 79.9. The number of H-pyrrole nitrogens is 1. The van der Waals surface area contributed by atoms with Gasteiger partial charge in [0.25, 0.3) is 0 Å². The van der Waals surface area contributed by atoms with Crippen LogP contribution in [-0.2, 0) is 17.8 Å². The second-order valence-electron chi connectivity index (χ2n) is 7.24. The van der Waals surface area contributed by atoms with Crippen LogP contribution in [0.2, 0.25) is 0 Å². The van der Waals surface area contributed by atoms with E-state index >= 15 is 0 Å². The van der Waals surface area contributed by atoms with E-state index in [9.17, 15) is 4.79 Å². The van der Waals surface area contributed by atoms with Crippen molar-refractivity contribution in [1.82, 2.24) is 9.88 Å². The van der Waals surface area contributed by atoms with Crippen LogP contribution in [0.5, 0.6) is 11.5 Å². The maximum atomic E-state index is 12.7. The molecule has 0 saturated carbocycles. The molecule has 2 aromatic carbocycles. The van der Waals surface area contributed by atoms with Gasteiger partial charge < -0.3 is 19.4 Å². The van der Waals surface area contributed by atoms with Gasteiger partial charge in [0.15, 0.2) is 11.5 Å². The molecular weight excluding hydrogens is 446 g/mol. The molecule has 0 spiro atoms. The van der Waals surface area contributed by atoms with E-state index in [2.05, 4.69) is 33.0 Å². The van der Waals surface area contributed by atoms with Crippen molar-refractivity contribution in [2.75, 3.05) is 20.3 Å². The van der Waals surface area contributed by atoms with Crippen LogP contribution >= 0.6 is 15.9 Å². The number of benzene rings is 2. The number of hydrogen-bond donors (Lipinski definition) is 1. The van der Waals surface area contributed by atoms with E-state index < -0.39 is 0 Å². The zero-order valence-corrected chi connectivity index (χ0v) is 18.3. The summed E-state index contributed by atoms with van der Waals surface area (Å²) in [7, 11) is 1.54. The Labute approximate surface area is 183 Å². The Hall–Kier alpha value is -2.98. The van der Waals surface area contributed by atoms with Gasteiger partial charge in [-0.05, 0) is 40.5 Å². The minimum atomic E-state index is 0.139. The first-order chi connectivity index (χ1) is 14.6. The molecule has 2 heterocycles. The zero-order chi connectivity index (χ0) is 21.1. The van der Waals surface area contributed by atoms with Crippen LogP contribution in [0.25, 0.3) is 10.9 Å². The fourth-order valence-electron chi connectivity index (χ4n) is 3.84. The van der Waals surface area contributed by atoms with Crippen molar-refractivity contribution in [3.63, 3.8) is 0 Å². The van der Waals surface area contributed by atoms with Crippen LogP contribution in [0.15, 0.2) is 40.9 Å². The van der Waals surface area contributed by atoms with Crippen LogP contribution in [0.4, 0.5) is 0 Å². The van der Waals surface area contributed by atoms with Gasteiger partial charge in [-0.25, -0.2) is 0 Å². The molecule has 1 aliphatic heterocycles. The van der Waals surface area contributed by atoms with Gasteiger partial charge in [0.2, 0.25) is 5.91 Å². The quantitative estimate of drug-likeness (QED) is 0.539. The van der Waals surface area contributed by atoms with Gasteiger partial charge in [0, 0.05) is 53.1 Å². The monoisotopic (exact) mass is 467 g/mol. The smallest absolute Gasteiger partial charge is 0.223 e. The number of halogens is 1. The van der Waals surface area contributed by atoms with Crippen LogP contribution < -0.4 is 9.47 Å². The van der Waals surface area contributed by atoms with Gasteiger partial charge in [-0.3, -0.25) is 4.79 Å². The number of aromatic amines is 1. The predicted octanol–water partition coefficient (Wildman–Crippen LogP) is 4.55. The van der Waals surface area contributed by atoms with Gasteiger partial charge in [0.05, 0.1) is 30.9 Å². The van der Waals surface area contributed by atoms with E-state index in [1.807, 2.05) is 17.0 Å². The third-order valence-corrected chi connectivity index (χ3v) is 6.06. The fourth-order valence-corrected chi connectivity index (χ4v) is 4.30. The minimum absolute atomic E-state index is 0.139. The molecule has 1 N–H and O–H groups in total. The van der Waals surface area contributed by atoms with Crippen LogP contribution in [0.1, 0.15) is 29.7 Å². The summed E-state index contributed by atoms with van der Waals surface area (Å²) < 4.78 is 12.1. The summed E-state index contributed by atoms with van der Waals surface area (Å²) in [6.07, 6.45) is 1.88. The average Bonchev–Trinajstić information content (AvgIpc) is 3.16. The molecule has 0 atom stereocenters. The molecule has 0 fully saturated rings. The van der Waals surface area contributed by atoms with Crippen molar-refractivity contribution >= 4 is 32.7 Å². The number of rotatable bonds is 6. The Balaban J connectivity index is 1.33. The molecule has 4 rings (SSSR count). The first-order valence-corrected chi connectivity index (χ1v) is 10.7. The number of aromatic nitrogens is 1. The van der Waals surface area contributed by atoms with Crippen molar-refractivity contribution in [2.24, 2.45) is 0 Å². The highest BCUT2D eigenvalue weighted by molar-refractivity contribution is 9.10. The number of para-hydroxylation sites is 1. The van der Waals surface area contributed by atoms with E-state index in [0.29, 0.717) is 43.1 Å². The molecule has 1 amide bonds. The largest absolute Gasteiger partial charge is 0.493 e. The summed E-state index contributed by atoms with van der Waals surface area (Å²) in [4.78, 5) is 18.2. The highest BCUT2D eigenvalue weighted by Gasteiger charge is 2.24. The number of carbonyl (C=O) groups excluding carboxylic acids is 1. The van der Waals surface area contributed by atoms with E-state index in [0.717, 1.165) is 23.0 Å². The first kappa shape index (κ1) is 20.3. The van der Waals surface area contributed by atoms with E-state index in [1.165, 1.54) is 16.6 Å². The number of nitriles is 1. The van der Waals surface area contributed by atoms with Crippen LogP contribution in [0, 0.1) is 11.3 Å². The molecular formula is C23H22BrN3O3. The Bertz CT molecular complexity index is 1130. The number of ether oxygens (including phenoxy) is 2. The number of fused-ring (bicyclic) bond motifs is 3. The number of carbonyl (C=O) groups is 1. The van der Waals surface area contributed by atoms with Crippen LogP contribution in [0.3, 0.4) is 0 Å². The average molecular weight is 468 g/mol. The van der Waals surface area contributed by atoms with Crippen molar-refractivity contribution in [3.8, 4) is 17.6 Å². The number of methoxy groups -OCH3 is 1. The third kappa shape index (κ3) is 4.01. The molecule has 30 heavy (non-hydrogen) atoms. The number of nitrogens with zero attached hydrogens (tertiary/aromatic N) is 2. The van der Waals surface area contributed by atoms with E-state index in [4.69, 9.17) is 14.7 Å². The molecule has 0 bridgehead atoms. The van der Waals surface area contributed by atoms with Gasteiger partial charge in [-0.1, -0.05) is 12.1 Å². The molecule has 1 aromatic heterocycles. The number of nitrogens with one attached hydrogen (secondary N) is 1. The minimum Gasteiger partial charge on any atom is -0.493 e. The fraction of sp³-hybridized carbons (Fsp3) is 0.304. The normalized spacial score (nSPS) is 13.0. The second kappa shape index (κ2) is 8.80. The van der Waals surface area contributed by atoms with Gasteiger partial charge >= 0.3 is 0 Å².